The van der Waals surface area contributed by atoms with Crippen LogP contribution in [0.3, 0.4) is 0 Å². The number of nitrogens with one attached hydrogen (secondary N) is 1. The van der Waals surface area contributed by atoms with Crippen molar-refractivity contribution in [3.63, 3.8) is 0 Å². The smallest absolute Gasteiger partial charge is 0.332 e. The first-order chi connectivity index (χ1) is 12.2. The number of pyridine rings is 1. The lowest BCUT2D eigenvalue weighted by atomic mass is 10.2. The highest BCUT2D eigenvalue weighted by atomic mass is 35.5. The minimum Gasteiger partial charge on any atom is -0.396 e. The van der Waals surface area contributed by atoms with Crippen molar-refractivity contribution in [2.24, 2.45) is 14.1 Å². The van der Waals surface area contributed by atoms with Crippen LogP contribution in [-0.4, -0.2) is 20.0 Å². The van der Waals surface area contributed by atoms with Crippen LogP contribution < -0.4 is 22.3 Å². The molecule has 0 saturated carbocycles. The summed E-state index contributed by atoms with van der Waals surface area (Å²) in [6, 6.07) is 5.74. The molecule has 0 aliphatic carbocycles. The molecule has 0 atom stereocenters. The Bertz CT molecular complexity index is 1160. The second kappa shape index (κ2) is 6.47. The van der Waals surface area contributed by atoms with Gasteiger partial charge in [-0.15, -0.1) is 0 Å². The molecular weight excluding hydrogens is 381 g/mol. The molecule has 1 aromatic carbocycles. The zero-order valence-corrected chi connectivity index (χ0v) is 15.2. The van der Waals surface area contributed by atoms with E-state index in [0.717, 1.165) is 4.57 Å². The van der Waals surface area contributed by atoms with Crippen LogP contribution in [0.1, 0.15) is 10.5 Å². The quantitative estimate of drug-likeness (QED) is 0.644. The van der Waals surface area contributed by atoms with Crippen molar-refractivity contribution in [2.45, 2.75) is 0 Å². The van der Waals surface area contributed by atoms with E-state index in [4.69, 9.17) is 28.9 Å². The first-order valence-corrected chi connectivity index (χ1v) is 8.09. The van der Waals surface area contributed by atoms with Gasteiger partial charge in [-0.3, -0.25) is 18.7 Å². The Morgan fingerprint density at radius 2 is 1.73 bits per heavy atom. The first-order valence-electron chi connectivity index (χ1n) is 7.33. The SMILES string of the molecule is Cn1c(=O)c2ccc(C(=O)Nc3cc(Cl)c(N)c(Cl)c3)nc2n(C)c1=O. The molecule has 1 amide bonds. The highest BCUT2D eigenvalue weighted by Crippen LogP contribution is 2.31. The molecule has 2 aromatic heterocycles. The summed E-state index contributed by atoms with van der Waals surface area (Å²) in [5, 5.41) is 3.22. The van der Waals surface area contributed by atoms with Crippen LogP contribution in [-0.2, 0) is 14.1 Å². The van der Waals surface area contributed by atoms with Gasteiger partial charge in [0.1, 0.15) is 11.3 Å². The molecular formula is C16H13Cl2N5O3. The summed E-state index contributed by atoms with van der Waals surface area (Å²) < 4.78 is 2.17. The zero-order chi connectivity index (χ0) is 19.2. The van der Waals surface area contributed by atoms with Crippen molar-refractivity contribution in [1.82, 2.24) is 14.1 Å². The lowest BCUT2D eigenvalue weighted by Crippen LogP contribution is -2.37. The van der Waals surface area contributed by atoms with Crippen LogP contribution in [0.4, 0.5) is 11.4 Å². The van der Waals surface area contributed by atoms with Crippen LogP contribution in [0.5, 0.6) is 0 Å². The number of rotatable bonds is 2. The molecule has 3 aromatic rings. The second-order valence-electron chi connectivity index (χ2n) is 5.58. The Balaban J connectivity index is 2.05. The molecule has 0 saturated heterocycles. The molecule has 0 aliphatic heterocycles. The van der Waals surface area contributed by atoms with Crippen LogP contribution in [0, 0.1) is 0 Å². The summed E-state index contributed by atoms with van der Waals surface area (Å²) in [5.74, 6) is -0.558. The van der Waals surface area contributed by atoms with Crippen LogP contribution >= 0.6 is 23.2 Å². The number of halogens is 2. The number of aryl methyl sites for hydroxylation is 1. The van der Waals surface area contributed by atoms with Crippen molar-refractivity contribution in [1.29, 1.82) is 0 Å². The summed E-state index contributed by atoms with van der Waals surface area (Å²) in [6.45, 7) is 0. The molecule has 0 aliphatic rings. The standard InChI is InChI=1S/C16H13Cl2N5O3/c1-22-13-8(15(25)23(2)16(22)26)3-4-11(21-13)14(24)20-7-5-9(17)12(19)10(18)6-7/h3-6H,19H2,1-2H3,(H,20,24). The Kier molecular flexibility index (Phi) is 4.47. The van der Waals surface area contributed by atoms with Gasteiger partial charge in [0.15, 0.2) is 0 Å². The number of carbonyl (C=O) groups excluding carboxylic acids is 1. The van der Waals surface area contributed by atoms with Crippen molar-refractivity contribution in [3.05, 3.63) is 60.8 Å². The number of amides is 1. The van der Waals surface area contributed by atoms with Crippen molar-refractivity contribution >= 4 is 51.5 Å². The number of anilines is 2. The van der Waals surface area contributed by atoms with Crippen LogP contribution in [0.25, 0.3) is 11.0 Å². The van der Waals surface area contributed by atoms with E-state index < -0.39 is 17.2 Å². The van der Waals surface area contributed by atoms with Gasteiger partial charge in [0.05, 0.1) is 21.1 Å². The highest BCUT2D eigenvalue weighted by Gasteiger charge is 2.15. The largest absolute Gasteiger partial charge is 0.396 e. The lowest BCUT2D eigenvalue weighted by molar-refractivity contribution is 0.102. The molecule has 0 unspecified atom stereocenters. The van der Waals surface area contributed by atoms with Gasteiger partial charge in [0, 0.05) is 19.8 Å². The predicted octanol–water partition coefficient (Wildman–Crippen LogP) is 1.77. The molecule has 0 radical (unpaired) electrons. The fourth-order valence-electron chi connectivity index (χ4n) is 2.43. The summed E-state index contributed by atoms with van der Waals surface area (Å²) in [4.78, 5) is 40.8. The molecule has 0 spiro atoms. The number of nitrogen functional groups attached to an aromatic ring is 1. The third kappa shape index (κ3) is 2.93. The van der Waals surface area contributed by atoms with Crippen molar-refractivity contribution in [2.75, 3.05) is 11.1 Å². The number of nitrogens with zero attached hydrogens (tertiary/aromatic N) is 3. The number of hydrogen-bond donors (Lipinski definition) is 2. The second-order valence-corrected chi connectivity index (χ2v) is 6.40. The number of benzene rings is 1. The lowest BCUT2D eigenvalue weighted by Gasteiger charge is -2.10. The molecule has 0 fully saturated rings. The Morgan fingerprint density at radius 1 is 1.12 bits per heavy atom. The van der Waals surface area contributed by atoms with Crippen LogP contribution in [0.15, 0.2) is 33.9 Å². The van der Waals surface area contributed by atoms with E-state index >= 15 is 0 Å². The topological polar surface area (TPSA) is 112 Å². The number of hydrogen-bond acceptors (Lipinski definition) is 5. The van der Waals surface area contributed by atoms with Crippen molar-refractivity contribution in [3.8, 4) is 0 Å². The summed E-state index contributed by atoms with van der Waals surface area (Å²) in [5.41, 5.74) is 5.31. The molecule has 3 N–H and O–H groups in total. The Labute approximate surface area is 156 Å². The highest BCUT2D eigenvalue weighted by molar-refractivity contribution is 6.39. The Morgan fingerprint density at radius 3 is 2.35 bits per heavy atom. The number of aromatic nitrogens is 3. The summed E-state index contributed by atoms with van der Waals surface area (Å²) in [7, 11) is 2.84. The van der Waals surface area contributed by atoms with Gasteiger partial charge in [-0.2, -0.15) is 0 Å². The monoisotopic (exact) mass is 393 g/mol. The Hall–Kier alpha value is -2.84. The van der Waals surface area contributed by atoms with Crippen LogP contribution in [0.2, 0.25) is 10.0 Å². The third-order valence-electron chi connectivity index (χ3n) is 3.87. The fourth-order valence-corrected chi connectivity index (χ4v) is 2.92. The van der Waals surface area contributed by atoms with E-state index in [1.165, 1.54) is 42.9 Å². The molecule has 10 heteroatoms. The van der Waals surface area contributed by atoms with Gasteiger partial charge in [-0.1, -0.05) is 23.2 Å². The van der Waals surface area contributed by atoms with Gasteiger partial charge in [0.25, 0.3) is 11.5 Å². The normalized spacial score (nSPS) is 10.9. The van der Waals surface area contributed by atoms with Gasteiger partial charge < -0.3 is 11.1 Å². The van der Waals surface area contributed by atoms with Crippen molar-refractivity contribution < 1.29 is 4.79 Å². The zero-order valence-electron chi connectivity index (χ0n) is 13.7. The molecule has 3 rings (SSSR count). The average Bonchev–Trinajstić information content (AvgIpc) is 2.62. The predicted molar refractivity (Wildman–Crippen MR) is 101 cm³/mol. The van der Waals surface area contributed by atoms with E-state index in [1.54, 1.807) is 0 Å². The van der Waals surface area contributed by atoms with E-state index in [1.807, 2.05) is 0 Å². The van der Waals surface area contributed by atoms with E-state index in [0.29, 0.717) is 5.69 Å². The minimum atomic E-state index is -0.558. The average molecular weight is 394 g/mol. The molecule has 0 bridgehead atoms. The van der Waals surface area contributed by atoms with Gasteiger partial charge in [-0.25, -0.2) is 9.78 Å². The van der Waals surface area contributed by atoms with Gasteiger partial charge >= 0.3 is 5.69 Å². The molecule has 8 nitrogen and oxygen atoms in total. The summed E-state index contributed by atoms with van der Waals surface area (Å²) in [6.07, 6.45) is 0. The molecule has 26 heavy (non-hydrogen) atoms. The number of fused-ring (bicyclic) bond motifs is 1. The summed E-state index contributed by atoms with van der Waals surface area (Å²) >= 11 is 11.9. The molecule has 2 heterocycles. The fraction of sp³-hybridized carbons (Fsp3) is 0.125. The maximum atomic E-state index is 12.5. The number of carbonyl (C=O) groups is 1. The van der Waals surface area contributed by atoms with E-state index in [9.17, 15) is 14.4 Å². The third-order valence-corrected chi connectivity index (χ3v) is 4.50. The van der Waals surface area contributed by atoms with E-state index in [-0.39, 0.29) is 32.5 Å². The minimum absolute atomic E-state index is 0.0184. The maximum Gasteiger partial charge on any atom is 0.332 e. The number of nitrogens with two attached hydrogens (primary N) is 1. The van der Waals surface area contributed by atoms with Gasteiger partial charge in [-0.05, 0) is 24.3 Å². The van der Waals surface area contributed by atoms with E-state index in [2.05, 4.69) is 10.3 Å². The van der Waals surface area contributed by atoms with Gasteiger partial charge in [0.2, 0.25) is 0 Å². The molecule has 134 valence electrons. The first kappa shape index (κ1) is 18.0. The maximum absolute atomic E-state index is 12.5.